The van der Waals surface area contributed by atoms with Crippen LogP contribution in [0.1, 0.15) is 119 Å². The molecular weight excluding hydrogens is 1370 g/mol. The molecule has 582 valence electrons. The number of carbonyl (C=O) groups is 12. The predicted molar refractivity (Wildman–Crippen MR) is 404 cm³/mol. The number of nitrogens with one attached hydrogen (secondary N) is 7. The molecule has 2 aromatic heterocycles. The molecule has 2 unspecified atom stereocenters. The average Bonchev–Trinajstić information content (AvgIpc) is 1.71. The van der Waals surface area contributed by atoms with E-state index in [-0.39, 0.29) is 115 Å². The van der Waals surface area contributed by atoms with Crippen LogP contribution in [0.5, 0.6) is 0 Å². The number of ketones is 4. The molecule has 0 radical (unpaired) electrons. The number of primary amides is 1. The van der Waals surface area contributed by atoms with Gasteiger partial charge in [-0.25, -0.2) is 4.98 Å². The first-order valence-electron chi connectivity index (χ1n) is 37.0. The lowest BCUT2D eigenvalue weighted by Crippen LogP contribution is -2.49. The van der Waals surface area contributed by atoms with E-state index in [0.717, 1.165) is 48.2 Å². The monoisotopic (exact) mass is 1480 g/mol. The smallest absolute Gasteiger partial charge is 0.303 e. The molecule has 5 aromatic rings. The van der Waals surface area contributed by atoms with Gasteiger partial charge in [0.1, 0.15) is 0 Å². The van der Waals surface area contributed by atoms with E-state index >= 15 is 0 Å². The number of aromatic amines is 2. The van der Waals surface area contributed by atoms with Crippen LogP contribution >= 0.6 is 0 Å². The van der Waals surface area contributed by atoms with Crippen LogP contribution in [0.25, 0.3) is 10.9 Å². The fraction of sp³-hybridized carbons (Fsp3) is 0.532. The molecule has 0 aliphatic carbocycles. The number of H-pyrrole nitrogens is 2. The number of nitrogens with zero attached hydrogens (tertiary/aromatic N) is 6. The van der Waals surface area contributed by atoms with Crippen molar-refractivity contribution in [2.24, 2.45) is 45.9 Å². The van der Waals surface area contributed by atoms with Crippen molar-refractivity contribution in [1.82, 2.24) is 61.1 Å². The summed E-state index contributed by atoms with van der Waals surface area (Å²) in [5.74, 6) is -12.7. The minimum absolute atomic E-state index is 0.00246. The Hall–Kier alpha value is -10.0. The van der Waals surface area contributed by atoms with Gasteiger partial charge in [0, 0.05) is 169 Å². The van der Waals surface area contributed by atoms with Crippen molar-refractivity contribution in [2.75, 3.05) is 99.7 Å². The van der Waals surface area contributed by atoms with E-state index in [1.54, 1.807) is 24.5 Å². The van der Waals surface area contributed by atoms with Crippen molar-refractivity contribution in [3.05, 3.63) is 126 Å². The Kier molecular flexibility index (Phi) is 37.0. The molecule has 0 spiro atoms. The number of aliphatic imine (C=N–C) groups is 1. The predicted octanol–water partition coefficient (Wildman–Crippen LogP) is 2.48. The second-order valence-electron chi connectivity index (χ2n) is 28.1. The first-order chi connectivity index (χ1) is 51.3. The number of hydrogen-bond donors (Lipinski definition) is 12. The molecule has 3 aromatic carbocycles. The molecule has 6 amide bonds. The molecule has 0 bridgehead atoms. The highest BCUT2D eigenvalue weighted by Gasteiger charge is 2.35. The highest BCUT2D eigenvalue weighted by Crippen LogP contribution is 2.25. The highest BCUT2D eigenvalue weighted by molar-refractivity contribution is 5.97. The van der Waals surface area contributed by atoms with Crippen LogP contribution in [0.3, 0.4) is 0 Å². The Bertz CT molecular complexity index is 3700. The first-order valence-corrected chi connectivity index (χ1v) is 37.0. The lowest BCUT2D eigenvalue weighted by Gasteiger charge is -2.30. The van der Waals surface area contributed by atoms with Crippen molar-refractivity contribution >= 4 is 87.4 Å². The third-order valence-electron chi connectivity index (χ3n) is 19.4. The number of para-hydroxylation sites is 1. The number of aliphatic carboxylic acids is 2. The molecule has 0 saturated carbocycles. The third-order valence-corrected chi connectivity index (χ3v) is 19.4. The van der Waals surface area contributed by atoms with Gasteiger partial charge in [0.25, 0.3) is 0 Å². The molecule has 1 aliphatic rings. The Morgan fingerprint density at radius 3 is 1.70 bits per heavy atom. The lowest BCUT2D eigenvalue weighted by molar-refractivity contribution is -0.139. The van der Waals surface area contributed by atoms with Crippen LogP contribution in [-0.2, 0) is 83.2 Å². The lowest BCUT2D eigenvalue weighted by atomic mass is 9.88. The summed E-state index contributed by atoms with van der Waals surface area (Å²) in [7, 11) is 6.09. The number of unbranched alkanes of at least 4 members (excludes halogenated alkanes) is 1. The SMILES string of the molecule is CN1CCN(C)CCN(CC(=O)NC(CCC(=O)O)C(=O)CC(CCC(=O)O)C(=O)NCCCC[C@H](CC(=O)CNC(=O)[C@@H](CC(=O)[C@H](CCCN=C(N)N)NC(=O)[C@H](CC(=O)[C@H](Cc2cnc[nH]2)NC(=O)CCCc2ccccc2)Cc2ccccc2)Cc2c[nH]c3ccccc23)C(N)=O)CCN(C)CC1. The number of aryl methyl sites for hydroxylation is 1. The van der Waals surface area contributed by atoms with Gasteiger partial charge in [-0.3, -0.25) is 67.4 Å². The maximum Gasteiger partial charge on any atom is 0.303 e. The topological polar surface area (TPSA) is 453 Å². The fourth-order valence-corrected chi connectivity index (χ4v) is 12.9. The maximum atomic E-state index is 15.0. The zero-order chi connectivity index (χ0) is 77.6. The molecule has 107 heavy (non-hydrogen) atoms. The van der Waals surface area contributed by atoms with E-state index in [9.17, 15) is 67.7 Å². The van der Waals surface area contributed by atoms with Crippen molar-refractivity contribution in [3.8, 4) is 0 Å². The number of fused-ring (bicyclic) bond motifs is 1. The standard InChI is InChI=1S/C77H110N16O14/c1-90-32-34-91(2)36-38-93(39-37-92(3)35-33-90)50-70(99)87-64(27-29-72(102)103)66(95)43-55(26-28-71(100)101)74(105)82-30-13-12-21-54(73(78)104)42-60(94)49-85-75(106)57(41-58-47-84-62-23-11-10-22-61(58)62)45-67(96)63(24-15-31-83-77(79)80)89-76(107)56(40-53-18-8-5-9-19-53)44-68(97)65(46-59-48-81-51-86-59)88-69(98)25-14-20-52-16-6-4-7-17-52/h4-11,16-19,22-23,47-48,51,54-57,63-65,84H,12-15,20-21,24-46,49-50H2,1-3H3,(H2,78,104)(H,81,86)(H,82,105)(H,85,106)(H,87,99)(H,88,98)(H,89,107)(H,100,101)(H,102,103)(H4,79,80,83)/t54-,55?,56+,57-,63+,64?,65+/m1/s1. The summed E-state index contributed by atoms with van der Waals surface area (Å²) in [4.78, 5) is 187. The minimum atomic E-state index is -1.27. The Morgan fingerprint density at radius 2 is 1.08 bits per heavy atom. The molecule has 7 atom stereocenters. The number of nitrogens with two attached hydrogens (primary N) is 3. The summed E-state index contributed by atoms with van der Waals surface area (Å²) in [6, 6.07) is 22.5. The number of hydrogen-bond acceptors (Lipinski definition) is 18. The number of guanidine groups is 1. The van der Waals surface area contributed by atoms with E-state index in [0.29, 0.717) is 50.3 Å². The second kappa shape index (κ2) is 46.1. The summed E-state index contributed by atoms with van der Waals surface area (Å²) in [6.07, 6.45) is 3.95. The number of amides is 6. The summed E-state index contributed by atoms with van der Waals surface area (Å²) >= 11 is 0. The van der Waals surface area contributed by atoms with Gasteiger partial charge in [-0.1, -0.05) is 85.3 Å². The van der Waals surface area contributed by atoms with Crippen molar-refractivity contribution in [2.45, 2.75) is 140 Å². The van der Waals surface area contributed by atoms with Crippen LogP contribution in [0.2, 0.25) is 0 Å². The van der Waals surface area contributed by atoms with Gasteiger partial charge in [0.2, 0.25) is 35.4 Å². The molecule has 30 nitrogen and oxygen atoms in total. The molecule has 1 aliphatic heterocycles. The van der Waals surface area contributed by atoms with Crippen molar-refractivity contribution < 1.29 is 67.7 Å². The van der Waals surface area contributed by atoms with E-state index in [1.807, 2.05) is 91.8 Å². The van der Waals surface area contributed by atoms with Crippen LogP contribution in [0.15, 0.2) is 109 Å². The van der Waals surface area contributed by atoms with Crippen LogP contribution in [0.4, 0.5) is 0 Å². The number of carboxylic acid groups (broad SMARTS) is 2. The summed E-state index contributed by atoms with van der Waals surface area (Å²) in [5.41, 5.74) is 21.0. The van der Waals surface area contributed by atoms with Gasteiger partial charge < -0.3 is 78.7 Å². The van der Waals surface area contributed by atoms with E-state index in [1.165, 1.54) is 6.33 Å². The molecule has 6 rings (SSSR count). The number of benzene rings is 3. The zero-order valence-corrected chi connectivity index (χ0v) is 62.0. The van der Waals surface area contributed by atoms with E-state index < -0.39 is 139 Å². The quantitative estimate of drug-likeness (QED) is 0.0151. The number of likely N-dealkylation sites (N-methyl/N-ethyl adjacent to an activating group) is 3. The van der Waals surface area contributed by atoms with Gasteiger partial charge in [0.05, 0.1) is 37.5 Å². The highest BCUT2D eigenvalue weighted by atomic mass is 16.4. The number of aromatic nitrogens is 3. The second-order valence-corrected chi connectivity index (χ2v) is 28.1. The largest absolute Gasteiger partial charge is 0.481 e. The van der Waals surface area contributed by atoms with Crippen LogP contribution in [-0.4, -0.2) is 239 Å². The summed E-state index contributed by atoms with van der Waals surface area (Å²) in [5, 5.41) is 33.9. The average molecular weight is 1480 g/mol. The molecular formula is C77H110N16O14. The van der Waals surface area contributed by atoms with Crippen molar-refractivity contribution in [1.29, 1.82) is 0 Å². The fourth-order valence-electron chi connectivity index (χ4n) is 12.9. The minimum Gasteiger partial charge on any atom is -0.481 e. The zero-order valence-electron chi connectivity index (χ0n) is 62.0. The maximum absolute atomic E-state index is 15.0. The first kappa shape index (κ1) is 85.9. The van der Waals surface area contributed by atoms with Crippen LogP contribution < -0.4 is 43.8 Å². The number of rotatable bonds is 47. The Labute approximate surface area is 625 Å². The number of imidazole rings is 1. The normalized spacial score (nSPS) is 15.5. The van der Waals surface area contributed by atoms with Gasteiger partial charge in [-0.2, -0.15) is 0 Å². The molecule has 3 heterocycles. The third kappa shape index (κ3) is 32.7. The molecule has 15 N–H and O–H groups in total. The number of Topliss-reactive ketones (excluding diaryl/α,β-unsaturated/α-hetero) is 4. The summed E-state index contributed by atoms with van der Waals surface area (Å²) in [6.45, 7) is 5.33. The van der Waals surface area contributed by atoms with Gasteiger partial charge >= 0.3 is 11.9 Å². The van der Waals surface area contributed by atoms with Gasteiger partial charge in [0.15, 0.2) is 29.1 Å². The number of carbonyl (C=O) groups excluding carboxylic acids is 10. The van der Waals surface area contributed by atoms with Crippen LogP contribution in [0, 0.1) is 23.7 Å². The van der Waals surface area contributed by atoms with E-state index in [4.69, 9.17) is 17.2 Å². The molecule has 30 heteroatoms. The van der Waals surface area contributed by atoms with Gasteiger partial charge in [-0.15, -0.1) is 0 Å². The number of carboxylic acids is 2. The Morgan fingerprint density at radius 1 is 0.523 bits per heavy atom. The van der Waals surface area contributed by atoms with Crippen molar-refractivity contribution in [3.63, 3.8) is 0 Å². The van der Waals surface area contributed by atoms with E-state index in [2.05, 4.69) is 68.3 Å². The Balaban J connectivity index is 1.09. The summed E-state index contributed by atoms with van der Waals surface area (Å²) < 4.78 is 0. The molecule has 1 saturated heterocycles. The van der Waals surface area contributed by atoms with Gasteiger partial charge in [-0.05, 0) is 108 Å². The molecule has 1 fully saturated rings.